The van der Waals surface area contributed by atoms with Crippen molar-refractivity contribution in [2.75, 3.05) is 19.7 Å². The molecule has 0 aliphatic carbocycles. The molecule has 2 aromatic carbocycles. The van der Waals surface area contributed by atoms with Crippen molar-refractivity contribution in [2.24, 2.45) is 0 Å². The van der Waals surface area contributed by atoms with Crippen molar-refractivity contribution in [1.29, 1.82) is 0 Å². The zero-order chi connectivity index (χ0) is 22.0. The fraction of sp³-hybridized carbons (Fsp3) is 0.261. The molecule has 0 saturated carbocycles. The van der Waals surface area contributed by atoms with Gasteiger partial charge in [0.05, 0.1) is 11.5 Å². The van der Waals surface area contributed by atoms with Crippen molar-refractivity contribution in [3.63, 3.8) is 0 Å². The summed E-state index contributed by atoms with van der Waals surface area (Å²) in [6.45, 7) is 2.96. The van der Waals surface area contributed by atoms with Crippen molar-refractivity contribution >= 4 is 34.9 Å². The van der Waals surface area contributed by atoms with Gasteiger partial charge in [0, 0.05) is 13.1 Å². The van der Waals surface area contributed by atoms with Gasteiger partial charge in [0.15, 0.2) is 11.5 Å². The van der Waals surface area contributed by atoms with Crippen molar-refractivity contribution < 1.29 is 24.2 Å². The lowest BCUT2D eigenvalue weighted by Crippen LogP contribution is -2.44. The summed E-state index contributed by atoms with van der Waals surface area (Å²) >= 11 is 0.802. The summed E-state index contributed by atoms with van der Waals surface area (Å²) in [5.74, 6) is -0.440. The quantitative estimate of drug-likeness (QED) is 0.720. The first kappa shape index (κ1) is 21.0. The summed E-state index contributed by atoms with van der Waals surface area (Å²) in [5.41, 5.74) is 2.93. The third-order valence-corrected chi connectivity index (χ3v) is 6.14. The van der Waals surface area contributed by atoms with Gasteiger partial charge in [-0.05, 0) is 60.0 Å². The Morgan fingerprint density at radius 3 is 2.74 bits per heavy atom. The normalized spacial score (nSPS) is 17.3. The van der Waals surface area contributed by atoms with E-state index in [4.69, 9.17) is 4.74 Å². The largest absolute Gasteiger partial charge is 0.504 e. The second-order valence-corrected chi connectivity index (χ2v) is 8.26. The fourth-order valence-electron chi connectivity index (χ4n) is 3.62. The number of thioether (sulfide) groups is 1. The van der Waals surface area contributed by atoms with Crippen LogP contribution in [0.15, 0.2) is 47.4 Å². The number of benzene rings is 2. The highest BCUT2D eigenvalue weighted by molar-refractivity contribution is 8.18. The van der Waals surface area contributed by atoms with Gasteiger partial charge >= 0.3 is 0 Å². The van der Waals surface area contributed by atoms with Crippen LogP contribution in [0, 0.1) is 0 Å². The van der Waals surface area contributed by atoms with Crippen LogP contribution < -0.4 is 4.74 Å². The summed E-state index contributed by atoms with van der Waals surface area (Å²) in [6.07, 6.45) is 2.32. The van der Waals surface area contributed by atoms with E-state index in [1.54, 1.807) is 30.0 Å². The van der Waals surface area contributed by atoms with Gasteiger partial charge in [-0.25, -0.2) is 0 Å². The van der Waals surface area contributed by atoms with Crippen LogP contribution in [0.4, 0.5) is 4.79 Å². The summed E-state index contributed by atoms with van der Waals surface area (Å²) in [6, 6.07) is 12.7. The van der Waals surface area contributed by atoms with E-state index in [0.717, 1.165) is 28.6 Å². The maximum Gasteiger partial charge on any atom is 0.294 e. The number of amides is 3. The number of phenols is 1. The highest BCUT2D eigenvalue weighted by Gasteiger charge is 2.37. The van der Waals surface area contributed by atoms with Crippen molar-refractivity contribution in [3.8, 4) is 11.5 Å². The molecule has 0 unspecified atom stereocenters. The topological polar surface area (TPSA) is 87.2 Å². The van der Waals surface area contributed by atoms with Crippen LogP contribution in [-0.2, 0) is 22.6 Å². The Morgan fingerprint density at radius 1 is 1.19 bits per heavy atom. The molecule has 8 heteroatoms. The zero-order valence-electron chi connectivity index (χ0n) is 17.0. The van der Waals surface area contributed by atoms with E-state index < -0.39 is 11.1 Å². The van der Waals surface area contributed by atoms with Crippen LogP contribution in [0.3, 0.4) is 0 Å². The van der Waals surface area contributed by atoms with Crippen LogP contribution in [0.25, 0.3) is 6.08 Å². The van der Waals surface area contributed by atoms with Crippen LogP contribution in [0.5, 0.6) is 11.5 Å². The Balaban J connectivity index is 1.46. The van der Waals surface area contributed by atoms with E-state index >= 15 is 0 Å². The number of carbonyl (C=O) groups is 3. The van der Waals surface area contributed by atoms with Crippen LogP contribution in [0.1, 0.15) is 23.6 Å². The molecular formula is C23H22N2O5S. The van der Waals surface area contributed by atoms with Gasteiger partial charge in [-0.2, -0.15) is 0 Å². The Labute approximate surface area is 184 Å². The number of carbonyl (C=O) groups excluding carboxylic acids is 3. The van der Waals surface area contributed by atoms with Gasteiger partial charge in [-0.3, -0.25) is 19.3 Å². The van der Waals surface area contributed by atoms with Gasteiger partial charge < -0.3 is 14.7 Å². The van der Waals surface area contributed by atoms with Crippen molar-refractivity contribution in [3.05, 3.63) is 64.1 Å². The summed E-state index contributed by atoms with van der Waals surface area (Å²) < 4.78 is 5.36. The molecule has 2 aliphatic heterocycles. The molecule has 0 radical (unpaired) electrons. The predicted octanol–water partition coefficient (Wildman–Crippen LogP) is 3.41. The zero-order valence-corrected chi connectivity index (χ0v) is 17.9. The Bertz CT molecular complexity index is 1080. The monoisotopic (exact) mass is 438 g/mol. The maximum atomic E-state index is 12.8. The van der Waals surface area contributed by atoms with Crippen molar-refractivity contribution in [2.45, 2.75) is 19.9 Å². The molecule has 4 rings (SSSR count). The summed E-state index contributed by atoms with van der Waals surface area (Å²) in [7, 11) is 0. The molecule has 0 spiro atoms. The third kappa shape index (κ3) is 4.44. The molecular weight excluding hydrogens is 416 g/mol. The minimum atomic E-state index is -0.494. The first-order valence-corrected chi connectivity index (χ1v) is 10.8. The first-order chi connectivity index (χ1) is 15.0. The second kappa shape index (κ2) is 8.85. The molecule has 3 amide bonds. The summed E-state index contributed by atoms with van der Waals surface area (Å²) in [4.78, 5) is 40.9. The van der Waals surface area contributed by atoms with E-state index in [2.05, 4.69) is 6.07 Å². The molecule has 160 valence electrons. The van der Waals surface area contributed by atoms with Gasteiger partial charge in [0.2, 0.25) is 5.91 Å². The minimum absolute atomic E-state index is 0.000747. The van der Waals surface area contributed by atoms with Gasteiger partial charge in [0.25, 0.3) is 11.1 Å². The number of fused-ring (bicyclic) bond motifs is 1. The number of rotatable bonds is 5. The molecule has 2 aromatic rings. The molecule has 0 bridgehead atoms. The highest BCUT2D eigenvalue weighted by Crippen LogP contribution is 2.34. The third-order valence-electron chi connectivity index (χ3n) is 5.23. The minimum Gasteiger partial charge on any atom is -0.504 e. The van der Waals surface area contributed by atoms with E-state index in [0.29, 0.717) is 31.0 Å². The van der Waals surface area contributed by atoms with E-state index in [1.165, 1.54) is 11.6 Å². The van der Waals surface area contributed by atoms with Crippen LogP contribution in [-0.4, -0.2) is 51.7 Å². The number of ether oxygens (including phenoxy) is 1. The van der Waals surface area contributed by atoms with E-state index in [9.17, 15) is 19.5 Å². The SMILES string of the molecule is CCOc1cc(/C=C2\SC(=O)N(CC(=O)N3CCc4ccccc4C3)C2=O)ccc1O. The molecule has 1 saturated heterocycles. The standard InChI is InChI=1S/C23H22N2O5S/c1-2-30-19-11-15(7-8-18(19)26)12-20-22(28)25(23(29)31-20)14-21(27)24-10-9-16-5-3-4-6-17(16)13-24/h3-8,11-12,26H,2,9-10,13-14H2,1H3/b20-12-. The average molecular weight is 439 g/mol. The van der Waals surface area contributed by atoms with Gasteiger partial charge in [0.1, 0.15) is 6.54 Å². The number of hydrogen-bond donors (Lipinski definition) is 1. The number of hydrogen-bond acceptors (Lipinski definition) is 6. The predicted molar refractivity (Wildman–Crippen MR) is 118 cm³/mol. The first-order valence-electron chi connectivity index (χ1n) is 10.0. The Morgan fingerprint density at radius 2 is 1.97 bits per heavy atom. The van der Waals surface area contributed by atoms with E-state index in [1.807, 2.05) is 18.2 Å². The fourth-order valence-corrected chi connectivity index (χ4v) is 4.46. The van der Waals surface area contributed by atoms with Gasteiger partial charge in [-0.15, -0.1) is 0 Å². The van der Waals surface area contributed by atoms with E-state index in [-0.39, 0.29) is 23.1 Å². The molecule has 31 heavy (non-hydrogen) atoms. The lowest BCUT2D eigenvalue weighted by Gasteiger charge is -2.29. The Kier molecular flexibility index (Phi) is 5.99. The number of nitrogens with zero attached hydrogens (tertiary/aromatic N) is 2. The van der Waals surface area contributed by atoms with Gasteiger partial charge in [-0.1, -0.05) is 30.3 Å². The average Bonchev–Trinajstić information content (AvgIpc) is 3.03. The lowest BCUT2D eigenvalue weighted by atomic mass is 10.00. The smallest absolute Gasteiger partial charge is 0.294 e. The number of imide groups is 1. The Hall–Kier alpha value is -3.26. The molecule has 1 N–H and O–H groups in total. The highest BCUT2D eigenvalue weighted by atomic mass is 32.2. The maximum absolute atomic E-state index is 12.8. The number of aromatic hydroxyl groups is 1. The van der Waals surface area contributed by atoms with Crippen LogP contribution >= 0.6 is 11.8 Å². The molecule has 2 heterocycles. The molecule has 7 nitrogen and oxygen atoms in total. The molecule has 1 fully saturated rings. The molecule has 0 aromatic heterocycles. The number of phenolic OH excluding ortho intramolecular Hbond substituents is 1. The second-order valence-electron chi connectivity index (χ2n) is 7.26. The van der Waals surface area contributed by atoms with Crippen LogP contribution in [0.2, 0.25) is 0 Å². The molecule has 0 atom stereocenters. The van der Waals surface area contributed by atoms with Crippen molar-refractivity contribution in [1.82, 2.24) is 9.80 Å². The summed E-state index contributed by atoms with van der Waals surface area (Å²) in [5, 5.41) is 9.36. The molecule has 2 aliphatic rings. The lowest BCUT2D eigenvalue weighted by molar-refractivity contribution is -0.136.